The second-order valence-corrected chi connectivity index (χ2v) is 15.3. The van der Waals surface area contributed by atoms with Crippen LogP contribution < -0.4 is 0 Å². The van der Waals surface area contributed by atoms with Crippen molar-refractivity contribution in [1.29, 1.82) is 0 Å². The number of esters is 1. The van der Waals surface area contributed by atoms with Gasteiger partial charge in [0.15, 0.2) is 5.78 Å². The topological polar surface area (TPSA) is 63.6 Å². The Hall–Kier alpha value is -1.16. The Balaban J connectivity index is 1.59. The predicted octanol–water partition coefficient (Wildman–Crippen LogP) is 6.89. The highest BCUT2D eigenvalue weighted by Gasteiger charge is 2.70. The lowest BCUT2D eigenvalue weighted by atomic mass is 9.33. The standard InChI is InChI=1S/C32H50O4/c1-9-36-26(35)29(5)15-14-28(4)16-17-31(7)20(21(28)19-29)18-22(33)25-30(6)12-11-24(34)27(2,3)23(30)10-13-32(25,31)8/h18,21,23-25,34H,9-17,19H2,1-8H3/t21-,23-,24-,25+,28+,29-,30-,31+,32+/m0/s1. The molecule has 4 heteroatoms. The number of aliphatic hydroxyl groups excluding tert-OH is 1. The van der Waals surface area contributed by atoms with Gasteiger partial charge in [-0.3, -0.25) is 9.59 Å². The third kappa shape index (κ3) is 3.21. The van der Waals surface area contributed by atoms with E-state index in [1.54, 1.807) is 0 Å². The first kappa shape index (κ1) is 26.4. The van der Waals surface area contributed by atoms with E-state index in [9.17, 15) is 14.7 Å². The first-order valence-corrected chi connectivity index (χ1v) is 14.7. The molecule has 4 saturated carbocycles. The maximum Gasteiger partial charge on any atom is 0.311 e. The fraction of sp³-hybridized carbons (Fsp3) is 0.875. The molecule has 5 aliphatic carbocycles. The summed E-state index contributed by atoms with van der Waals surface area (Å²) in [5.74, 6) is 0.842. The average molecular weight is 499 g/mol. The van der Waals surface area contributed by atoms with Gasteiger partial charge < -0.3 is 9.84 Å². The Morgan fingerprint density at radius 1 is 0.972 bits per heavy atom. The molecule has 4 fully saturated rings. The lowest BCUT2D eigenvalue weighted by molar-refractivity contribution is -0.202. The number of fused-ring (bicyclic) bond motifs is 7. The molecule has 0 radical (unpaired) electrons. The van der Waals surface area contributed by atoms with Gasteiger partial charge in [0.05, 0.1) is 18.1 Å². The number of ether oxygens (including phenoxy) is 1. The molecular weight excluding hydrogens is 448 g/mol. The second kappa shape index (κ2) is 7.93. The molecule has 0 aromatic carbocycles. The van der Waals surface area contributed by atoms with E-state index in [0.29, 0.717) is 18.3 Å². The smallest absolute Gasteiger partial charge is 0.311 e. The van der Waals surface area contributed by atoms with E-state index < -0.39 is 5.41 Å². The van der Waals surface area contributed by atoms with Crippen molar-refractivity contribution in [2.75, 3.05) is 6.61 Å². The lowest BCUT2D eigenvalue weighted by Gasteiger charge is -2.70. The van der Waals surface area contributed by atoms with Gasteiger partial charge in [-0.2, -0.15) is 0 Å². The fourth-order valence-electron chi connectivity index (χ4n) is 10.7. The van der Waals surface area contributed by atoms with E-state index in [1.807, 2.05) is 6.92 Å². The van der Waals surface area contributed by atoms with Gasteiger partial charge in [-0.1, -0.05) is 47.1 Å². The van der Waals surface area contributed by atoms with Gasteiger partial charge in [0.25, 0.3) is 0 Å². The summed E-state index contributed by atoms with van der Waals surface area (Å²) in [4.78, 5) is 27.4. The summed E-state index contributed by atoms with van der Waals surface area (Å²) in [5.41, 5.74) is 0.590. The van der Waals surface area contributed by atoms with Gasteiger partial charge in [-0.25, -0.2) is 0 Å². The van der Waals surface area contributed by atoms with Crippen molar-refractivity contribution in [3.8, 4) is 0 Å². The monoisotopic (exact) mass is 498 g/mol. The van der Waals surface area contributed by atoms with Crippen molar-refractivity contribution in [2.24, 2.45) is 50.2 Å². The summed E-state index contributed by atoms with van der Waals surface area (Å²) in [7, 11) is 0. The van der Waals surface area contributed by atoms with Crippen molar-refractivity contribution < 1.29 is 19.4 Å². The van der Waals surface area contributed by atoms with Crippen LogP contribution in [-0.4, -0.2) is 29.6 Å². The van der Waals surface area contributed by atoms with E-state index in [4.69, 9.17) is 4.74 Å². The number of hydrogen-bond acceptors (Lipinski definition) is 4. The first-order valence-electron chi connectivity index (χ1n) is 14.7. The Bertz CT molecular complexity index is 996. The van der Waals surface area contributed by atoms with Gasteiger partial charge in [0.1, 0.15) is 0 Å². The van der Waals surface area contributed by atoms with E-state index in [2.05, 4.69) is 54.5 Å². The summed E-state index contributed by atoms with van der Waals surface area (Å²) in [6.45, 7) is 18.5. The molecule has 0 amide bonds. The van der Waals surface area contributed by atoms with Crippen LogP contribution in [0.1, 0.15) is 113 Å². The van der Waals surface area contributed by atoms with Gasteiger partial charge in [-0.05, 0) is 117 Å². The molecule has 0 aromatic rings. The number of carbonyl (C=O) groups excluding carboxylic acids is 2. The van der Waals surface area contributed by atoms with Crippen LogP contribution in [0.3, 0.4) is 0 Å². The van der Waals surface area contributed by atoms with Crippen LogP contribution in [0.15, 0.2) is 11.6 Å². The van der Waals surface area contributed by atoms with Crippen molar-refractivity contribution >= 4 is 11.8 Å². The maximum atomic E-state index is 14.3. The molecule has 0 unspecified atom stereocenters. The van der Waals surface area contributed by atoms with E-state index >= 15 is 0 Å². The van der Waals surface area contributed by atoms with Crippen LogP contribution in [0.5, 0.6) is 0 Å². The molecule has 4 nitrogen and oxygen atoms in total. The zero-order chi connectivity index (χ0) is 26.5. The molecule has 0 bridgehead atoms. The van der Waals surface area contributed by atoms with Crippen LogP contribution >= 0.6 is 0 Å². The summed E-state index contributed by atoms with van der Waals surface area (Å²) in [5, 5.41) is 10.9. The Morgan fingerprint density at radius 3 is 2.31 bits per heavy atom. The second-order valence-electron chi connectivity index (χ2n) is 15.3. The van der Waals surface area contributed by atoms with E-state index in [-0.39, 0.29) is 51.0 Å². The summed E-state index contributed by atoms with van der Waals surface area (Å²) in [6, 6.07) is 0. The SMILES string of the molecule is CCOC(=O)[C@@]1(C)CC[C@]2(C)CC[C@]3(C)C(=CC(=O)[C@@H]4[C@@]5(C)CC[C@H](O)C(C)(C)[C@@H]5CC[C@]43C)[C@@H]2C1. The minimum atomic E-state index is -0.479. The van der Waals surface area contributed by atoms with Crippen LogP contribution in [0.25, 0.3) is 0 Å². The Labute approximate surface area is 219 Å². The Morgan fingerprint density at radius 2 is 1.64 bits per heavy atom. The van der Waals surface area contributed by atoms with Crippen LogP contribution in [0.2, 0.25) is 0 Å². The highest BCUT2D eigenvalue weighted by atomic mass is 16.5. The van der Waals surface area contributed by atoms with Crippen LogP contribution in [0.4, 0.5) is 0 Å². The summed E-state index contributed by atoms with van der Waals surface area (Å²) in [6.07, 6.45) is 10.6. The first-order chi connectivity index (χ1) is 16.6. The number of aliphatic hydroxyl groups is 1. The van der Waals surface area contributed by atoms with E-state index in [0.717, 1.165) is 57.8 Å². The van der Waals surface area contributed by atoms with Crippen molar-refractivity contribution in [2.45, 2.75) is 119 Å². The zero-order valence-corrected chi connectivity index (χ0v) is 24.1. The lowest BCUT2D eigenvalue weighted by Crippen LogP contribution is -2.66. The molecule has 202 valence electrons. The molecule has 1 N–H and O–H groups in total. The number of allylic oxidation sites excluding steroid dienone is 2. The van der Waals surface area contributed by atoms with Crippen molar-refractivity contribution in [3.05, 3.63) is 11.6 Å². The molecule has 5 rings (SSSR count). The fourth-order valence-corrected chi connectivity index (χ4v) is 10.7. The highest BCUT2D eigenvalue weighted by molar-refractivity contribution is 5.95. The molecule has 0 heterocycles. The van der Waals surface area contributed by atoms with Crippen molar-refractivity contribution in [1.82, 2.24) is 0 Å². The zero-order valence-electron chi connectivity index (χ0n) is 24.1. The van der Waals surface area contributed by atoms with Gasteiger partial charge >= 0.3 is 5.97 Å². The molecular formula is C32H50O4. The molecule has 0 aromatic heterocycles. The molecule has 0 saturated heterocycles. The minimum Gasteiger partial charge on any atom is -0.466 e. The third-order valence-electron chi connectivity index (χ3n) is 13.3. The number of rotatable bonds is 2. The average Bonchev–Trinajstić information content (AvgIpc) is 2.79. The number of hydrogen-bond donors (Lipinski definition) is 1. The largest absolute Gasteiger partial charge is 0.466 e. The van der Waals surface area contributed by atoms with Gasteiger partial charge in [0.2, 0.25) is 0 Å². The highest BCUT2D eigenvalue weighted by Crippen LogP contribution is 2.75. The molecule has 36 heavy (non-hydrogen) atoms. The van der Waals surface area contributed by atoms with Crippen LogP contribution in [-0.2, 0) is 14.3 Å². The molecule has 0 spiro atoms. The van der Waals surface area contributed by atoms with Crippen LogP contribution in [0, 0.1) is 50.2 Å². The van der Waals surface area contributed by atoms with Crippen molar-refractivity contribution in [3.63, 3.8) is 0 Å². The number of carbonyl (C=O) groups is 2. The van der Waals surface area contributed by atoms with E-state index in [1.165, 1.54) is 5.57 Å². The van der Waals surface area contributed by atoms with Gasteiger partial charge in [-0.15, -0.1) is 0 Å². The van der Waals surface area contributed by atoms with Gasteiger partial charge in [0, 0.05) is 5.92 Å². The third-order valence-corrected chi connectivity index (χ3v) is 13.3. The molecule has 9 atom stereocenters. The normalized spacial score (nSPS) is 51.7. The number of ketones is 1. The molecule has 5 aliphatic rings. The predicted molar refractivity (Wildman–Crippen MR) is 142 cm³/mol. The summed E-state index contributed by atoms with van der Waals surface area (Å²) >= 11 is 0. The summed E-state index contributed by atoms with van der Waals surface area (Å²) < 4.78 is 5.54. The Kier molecular flexibility index (Phi) is 5.83. The molecule has 0 aliphatic heterocycles. The quantitative estimate of drug-likeness (QED) is 0.421. The minimum absolute atomic E-state index is 0.00587. The maximum absolute atomic E-state index is 14.3.